The van der Waals surface area contributed by atoms with Crippen LogP contribution in [0.4, 0.5) is 26.3 Å². The van der Waals surface area contributed by atoms with E-state index < -0.39 is 31.6 Å². The fraction of sp³-hybridized carbons (Fsp3) is 1.00. The molecule has 0 fully saturated rings. The van der Waals surface area contributed by atoms with Gasteiger partial charge in [-0.15, -0.1) is 0 Å². The van der Waals surface area contributed by atoms with E-state index in [0.717, 1.165) is 0 Å². The molecule has 68 valence electrons. The SMILES string of the molecule is FCC(F)CC(F)C(F)(F)F. The average Bonchev–Trinajstić information content (AvgIpc) is 1.85. The number of alkyl halides is 6. The molecule has 0 saturated carbocycles. The third kappa shape index (κ3) is 4.10. The van der Waals surface area contributed by atoms with Crippen LogP contribution in [0.3, 0.4) is 0 Å². The molecule has 2 unspecified atom stereocenters. The number of halogens is 6. The topological polar surface area (TPSA) is 0 Å². The maximum Gasteiger partial charge on any atom is 0.419 e. The van der Waals surface area contributed by atoms with Gasteiger partial charge in [-0.25, -0.2) is 13.2 Å². The Morgan fingerprint density at radius 2 is 1.55 bits per heavy atom. The van der Waals surface area contributed by atoms with Gasteiger partial charge in [0.1, 0.15) is 12.8 Å². The maximum absolute atomic E-state index is 11.8. The zero-order valence-electron chi connectivity index (χ0n) is 5.34. The lowest BCUT2D eigenvalue weighted by Crippen LogP contribution is -2.28. The molecule has 0 aromatic rings. The second-order valence-corrected chi connectivity index (χ2v) is 2.00. The summed E-state index contributed by atoms with van der Waals surface area (Å²) in [7, 11) is 0. The highest BCUT2D eigenvalue weighted by atomic mass is 19.4. The first-order valence-electron chi connectivity index (χ1n) is 2.78. The van der Waals surface area contributed by atoms with Gasteiger partial charge in [-0.2, -0.15) is 13.2 Å². The number of hydrogen-bond donors (Lipinski definition) is 0. The minimum absolute atomic E-state index is 1.46. The van der Waals surface area contributed by atoms with Gasteiger partial charge in [-0.1, -0.05) is 0 Å². The van der Waals surface area contributed by atoms with Crippen molar-refractivity contribution in [3.8, 4) is 0 Å². The quantitative estimate of drug-likeness (QED) is 0.585. The average molecular weight is 180 g/mol. The molecule has 0 rings (SSSR count). The van der Waals surface area contributed by atoms with Gasteiger partial charge >= 0.3 is 6.18 Å². The van der Waals surface area contributed by atoms with Gasteiger partial charge in [0.15, 0.2) is 6.17 Å². The van der Waals surface area contributed by atoms with Gasteiger partial charge in [0.05, 0.1) is 0 Å². The standard InChI is InChI=1S/C5H6F6/c6-2-3(7)1-4(8)5(9,10)11/h3-4H,1-2H2. The van der Waals surface area contributed by atoms with E-state index in [9.17, 15) is 26.3 Å². The minimum atomic E-state index is -5.08. The molecular formula is C5H6F6. The van der Waals surface area contributed by atoms with E-state index >= 15 is 0 Å². The van der Waals surface area contributed by atoms with Gasteiger partial charge in [-0.05, 0) is 0 Å². The van der Waals surface area contributed by atoms with Crippen molar-refractivity contribution in [2.45, 2.75) is 24.9 Å². The van der Waals surface area contributed by atoms with E-state index in [2.05, 4.69) is 0 Å². The molecule has 0 aromatic heterocycles. The summed E-state index contributed by atoms with van der Waals surface area (Å²) in [5.41, 5.74) is 0. The molecule has 6 heteroatoms. The summed E-state index contributed by atoms with van der Waals surface area (Å²) in [6.07, 6.45) is -12.2. The third-order valence-electron chi connectivity index (χ3n) is 0.985. The highest BCUT2D eigenvalue weighted by molar-refractivity contribution is 4.70. The molecule has 0 aliphatic carbocycles. The lowest BCUT2D eigenvalue weighted by Gasteiger charge is -2.12. The number of hydrogen-bond acceptors (Lipinski definition) is 0. The van der Waals surface area contributed by atoms with E-state index in [1.807, 2.05) is 0 Å². The summed E-state index contributed by atoms with van der Waals surface area (Å²) < 4.78 is 68.7. The molecule has 0 saturated heterocycles. The zero-order valence-corrected chi connectivity index (χ0v) is 5.34. The zero-order chi connectivity index (χ0) is 9.07. The van der Waals surface area contributed by atoms with Crippen LogP contribution in [0, 0.1) is 0 Å². The van der Waals surface area contributed by atoms with Crippen molar-refractivity contribution >= 4 is 0 Å². The van der Waals surface area contributed by atoms with Gasteiger partial charge in [0, 0.05) is 6.42 Å². The van der Waals surface area contributed by atoms with Crippen LogP contribution >= 0.6 is 0 Å². The second kappa shape index (κ2) is 3.82. The molecule has 0 nitrogen and oxygen atoms in total. The van der Waals surface area contributed by atoms with Crippen molar-refractivity contribution in [3.05, 3.63) is 0 Å². The highest BCUT2D eigenvalue weighted by Crippen LogP contribution is 2.26. The third-order valence-corrected chi connectivity index (χ3v) is 0.985. The Morgan fingerprint density at radius 3 is 1.82 bits per heavy atom. The molecule has 0 aliphatic rings. The van der Waals surface area contributed by atoms with Crippen LogP contribution in [-0.2, 0) is 0 Å². The Kier molecular flexibility index (Phi) is 3.68. The van der Waals surface area contributed by atoms with Crippen LogP contribution in [0.15, 0.2) is 0 Å². The van der Waals surface area contributed by atoms with Crippen LogP contribution < -0.4 is 0 Å². The fourth-order valence-corrected chi connectivity index (χ4v) is 0.421. The Labute approximate surface area is 59.2 Å². The molecule has 0 aliphatic heterocycles. The molecular weight excluding hydrogens is 174 g/mol. The van der Waals surface area contributed by atoms with Crippen LogP contribution in [0.2, 0.25) is 0 Å². The summed E-state index contributed by atoms with van der Waals surface area (Å²) in [4.78, 5) is 0. The van der Waals surface area contributed by atoms with E-state index in [0.29, 0.717) is 0 Å². The van der Waals surface area contributed by atoms with Crippen molar-refractivity contribution in [1.29, 1.82) is 0 Å². The minimum Gasteiger partial charge on any atom is -0.248 e. The molecule has 0 radical (unpaired) electrons. The van der Waals surface area contributed by atoms with E-state index in [1.54, 1.807) is 0 Å². The fourth-order valence-electron chi connectivity index (χ4n) is 0.421. The molecule has 0 heterocycles. The summed E-state index contributed by atoms with van der Waals surface area (Å²) in [6, 6.07) is 0. The summed E-state index contributed by atoms with van der Waals surface area (Å²) in [5.74, 6) is 0. The Bertz CT molecular complexity index is 108. The van der Waals surface area contributed by atoms with Gasteiger partial charge in [0.25, 0.3) is 0 Å². The van der Waals surface area contributed by atoms with Crippen LogP contribution in [0.5, 0.6) is 0 Å². The van der Waals surface area contributed by atoms with Crippen molar-refractivity contribution in [2.75, 3.05) is 6.67 Å². The molecule has 0 N–H and O–H groups in total. The predicted molar refractivity (Wildman–Crippen MR) is 26.4 cm³/mol. The Hall–Kier alpha value is -0.420. The van der Waals surface area contributed by atoms with E-state index in [1.165, 1.54) is 0 Å². The first kappa shape index (κ1) is 10.6. The largest absolute Gasteiger partial charge is 0.419 e. The van der Waals surface area contributed by atoms with Crippen molar-refractivity contribution < 1.29 is 26.3 Å². The van der Waals surface area contributed by atoms with Gasteiger partial charge in [-0.3, -0.25) is 0 Å². The van der Waals surface area contributed by atoms with Gasteiger partial charge in [0.2, 0.25) is 0 Å². The molecule has 0 aromatic carbocycles. The van der Waals surface area contributed by atoms with Crippen LogP contribution in [-0.4, -0.2) is 25.2 Å². The van der Waals surface area contributed by atoms with Crippen LogP contribution in [0.25, 0.3) is 0 Å². The second-order valence-electron chi connectivity index (χ2n) is 2.00. The Balaban J connectivity index is 3.77. The molecule has 11 heavy (non-hydrogen) atoms. The maximum atomic E-state index is 11.8. The Morgan fingerprint density at radius 1 is 1.09 bits per heavy atom. The van der Waals surface area contributed by atoms with Crippen molar-refractivity contribution in [1.82, 2.24) is 0 Å². The number of rotatable bonds is 3. The molecule has 0 spiro atoms. The van der Waals surface area contributed by atoms with Crippen LogP contribution in [0.1, 0.15) is 6.42 Å². The lowest BCUT2D eigenvalue weighted by atomic mass is 10.2. The monoisotopic (exact) mass is 180 g/mol. The van der Waals surface area contributed by atoms with E-state index in [4.69, 9.17) is 0 Å². The van der Waals surface area contributed by atoms with E-state index in [-0.39, 0.29) is 0 Å². The lowest BCUT2D eigenvalue weighted by molar-refractivity contribution is -0.185. The van der Waals surface area contributed by atoms with Crippen molar-refractivity contribution in [3.63, 3.8) is 0 Å². The molecule has 0 bridgehead atoms. The normalized spacial score (nSPS) is 18.0. The van der Waals surface area contributed by atoms with Gasteiger partial charge < -0.3 is 0 Å². The summed E-state index contributed by atoms with van der Waals surface area (Å²) >= 11 is 0. The molecule has 0 amide bonds. The molecule has 2 atom stereocenters. The predicted octanol–water partition coefficient (Wildman–Crippen LogP) is 2.58. The highest BCUT2D eigenvalue weighted by Gasteiger charge is 2.41. The summed E-state index contributed by atoms with van der Waals surface area (Å²) in [5, 5.41) is 0. The smallest absolute Gasteiger partial charge is 0.248 e. The van der Waals surface area contributed by atoms with Crippen molar-refractivity contribution in [2.24, 2.45) is 0 Å². The first-order valence-corrected chi connectivity index (χ1v) is 2.78. The summed E-state index contributed by atoms with van der Waals surface area (Å²) in [6.45, 7) is -1.59. The first-order chi connectivity index (χ1) is 4.88.